The number of aryl methyl sites for hydroxylation is 3. The molecule has 0 unspecified atom stereocenters. The summed E-state index contributed by atoms with van der Waals surface area (Å²) in [5.41, 5.74) is 3.05. The van der Waals surface area contributed by atoms with Crippen LogP contribution in [0.25, 0.3) is 0 Å². The van der Waals surface area contributed by atoms with E-state index in [9.17, 15) is 9.59 Å². The van der Waals surface area contributed by atoms with Gasteiger partial charge in [0.2, 0.25) is 11.8 Å². The maximum atomic E-state index is 12.3. The molecule has 2 heterocycles. The van der Waals surface area contributed by atoms with Crippen LogP contribution in [0.5, 0.6) is 0 Å². The Labute approximate surface area is 134 Å². The Morgan fingerprint density at radius 1 is 1.30 bits per heavy atom. The highest BCUT2D eigenvalue weighted by Crippen LogP contribution is 2.29. The topological polar surface area (TPSA) is 75.4 Å². The maximum Gasteiger partial charge on any atom is 0.231 e. The molecular weight excluding hydrogens is 294 g/mol. The molecule has 6 nitrogen and oxygen atoms in total. The second-order valence-corrected chi connectivity index (χ2v) is 6.01. The predicted molar refractivity (Wildman–Crippen MR) is 86.2 cm³/mol. The van der Waals surface area contributed by atoms with Crippen molar-refractivity contribution in [1.82, 2.24) is 5.16 Å². The van der Waals surface area contributed by atoms with Crippen LogP contribution in [0.4, 0.5) is 11.5 Å². The third kappa shape index (κ3) is 3.11. The van der Waals surface area contributed by atoms with Crippen molar-refractivity contribution in [2.24, 2.45) is 5.92 Å². The molecular formula is C17H19N3O3. The van der Waals surface area contributed by atoms with Crippen LogP contribution in [-0.2, 0) is 9.59 Å². The molecule has 2 amide bonds. The fourth-order valence-electron chi connectivity index (χ4n) is 2.88. The van der Waals surface area contributed by atoms with Crippen LogP contribution in [-0.4, -0.2) is 23.5 Å². The number of nitrogens with one attached hydrogen (secondary N) is 1. The Kier molecular flexibility index (Phi) is 3.90. The second-order valence-electron chi connectivity index (χ2n) is 6.01. The van der Waals surface area contributed by atoms with Crippen LogP contribution in [0.2, 0.25) is 0 Å². The van der Waals surface area contributed by atoms with Crippen molar-refractivity contribution >= 4 is 23.3 Å². The van der Waals surface area contributed by atoms with Gasteiger partial charge in [-0.3, -0.25) is 9.59 Å². The van der Waals surface area contributed by atoms with E-state index in [0.717, 1.165) is 16.8 Å². The molecule has 1 aromatic carbocycles. The first-order chi connectivity index (χ1) is 10.9. The molecule has 1 aromatic heterocycles. The third-order valence-corrected chi connectivity index (χ3v) is 4.02. The lowest BCUT2D eigenvalue weighted by molar-refractivity contribution is -0.122. The van der Waals surface area contributed by atoms with E-state index in [2.05, 4.69) is 10.5 Å². The third-order valence-electron chi connectivity index (χ3n) is 4.02. The summed E-state index contributed by atoms with van der Waals surface area (Å²) >= 11 is 0. The van der Waals surface area contributed by atoms with Crippen molar-refractivity contribution < 1.29 is 14.1 Å². The van der Waals surface area contributed by atoms with Crippen molar-refractivity contribution in [3.63, 3.8) is 0 Å². The number of hydrogen-bond acceptors (Lipinski definition) is 4. The molecule has 1 saturated heterocycles. The Balaban J connectivity index is 1.73. The minimum absolute atomic E-state index is 0.0339. The highest BCUT2D eigenvalue weighted by atomic mass is 16.5. The van der Waals surface area contributed by atoms with Gasteiger partial charge in [-0.15, -0.1) is 0 Å². The lowest BCUT2D eigenvalue weighted by atomic mass is 10.1. The van der Waals surface area contributed by atoms with Gasteiger partial charge in [-0.2, -0.15) is 0 Å². The van der Waals surface area contributed by atoms with Crippen LogP contribution in [0.3, 0.4) is 0 Å². The summed E-state index contributed by atoms with van der Waals surface area (Å²) in [5.74, 6) is 0.372. The zero-order chi connectivity index (χ0) is 16.6. The Bertz CT molecular complexity index is 766. The van der Waals surface area contributed by atoms with Crippen molar-refractivity contribution in [1.29, 1.82) is 0 Å². The Hall–Kier alpha value is -2.63. The van der Waals surface area contributed by atoms with Crippen LogP contribution in [0.15, 0.2) is 28.8 Å². The predicted octanol–water partition coefficient (Wildman–Crippen LogP) is 2.59. The molecule has 1 fully saturated rings. The first-order valence-corrected chi connectivity index (χ1v) is 7.56. The summed E-state index contributed by atoms with van der Waals surface area (Å²) in [6.45, 7) is 6.12. The van der Waals surface area contributed by atoms with Gasteiger partial charge >= 0.3 is 0 Å². The van der Waals surface area contributed by atoms with Gasteiger partial charge in [-0.05, 0) is 32.4 Å². The summed E-state index contributed by atoms with van der Waals surface area (Å²) < 4.78 is 4.92. The lowest BCUT2D eigenvalue weighted by Crippen LogP contribution is -2.28. The monoisotopic (exact) mass is 313 g/mol. The second kappa shape index (κ2) is 5.87. The molecule has 6 heteroatoms. The molecule has 23 heavy (non-hydrogen) atoms. The van der Waals surface area contributed by atoms with E-state index in [1.807, 2.05) is 32.0 Å². The van der Waals surface area contributed by atoms with E-state index < -0.39 is 0 Å². The number of nitrogens with zero attached hydrogens (tertiary/aromatic N) is 2. The Morgan fingerprint density at radius 3 is 2.74 bits per heavy atom. The van der Waals surface area contributed by atoms with Gasteiger partial charge < -0.3 is 14.7 Å². The van der Waals surface area contributed by atoms with E-state index in [1.165, 1.54) is 0 Å². The average Bonchev–Trinajstić information content (AvgIpc) is 3.05. The van der Waals surface area contributed by atoms with Crippen molar-refractivity contribution in [2.45, 2.75) is 27.2 Å². The van der Waals surface area contributed by atoms with Gasteiger partial charge in [0.25, 0.3) is 0 Å². The van der Waals surface area contributed by atoms with Crippen molar-refractivity contribution in [3.05, 3.63) is 41.2 Å². The summed E-state index contributed by atoms with van der Waals surface area (Å²) in [7, 11) is 0. The molecule has 1 aliphatic heterocycles. The number of anilines is 2. The van der Waals surface area contributed by atoms with E-state index >= 15 is 0 Å². The molecule has 120 valence electrons. The molecule has 0 radical (unpaired) electrons. The van der Waals surface area contributed by atoms with E-state index in [-0.39, 0.29) is 24.2 Å². The summed E-state index contributed by atoms with van der Waals surface area (Å²) in [5, 5.41) is 6.44. The zero-order valence-corrected chi connectivity index (χ0v) is 13.4. The van der Waals surface area contributed by atoms with Gasteiger partial charge in [-0.25, -0.2) is 0 Å². The van der Waals surface area contributed by atoms with Gasteiger partial charge in [-0.1, -0.05) is 22.9 Å². The van der Waals surface area contributed by atoms with Crippen LogP contribution >= 0.6 is 0 Å². The van der Waals surface area contributed by atoms with Crippen molar-refractivity contribution in [2.75, 3.05) is 16.8 Å². The lowest BCUT2D eigenvalue weighted by Gasteiger charge is -2.19. The molecule has 1 atom stereocenters. The fraction of sp³-hybridized carbons (Fsp3) is 0.353. The SMILES string of the molecule is Cc1ccc(N2C[C@H](C(=O)Nc3cc(C)on3)CC2=O)c(C)c1. The van der Waals surface area contributed by atoms with Crippen LogP contribution in [0, 0.1) is 26.7 Å². The van der Waals surface area contributed by atoms with Gasteiger partial charge in [0.05, 0.1) is 5.92 Å². The molecule has 0 spiro atoms. The molecule has 0 aliphatic carbocycles. The molecule has 3 rings (SSSR count). The number of carbonyl (C=O) groups excluding carboxylic acids is 2. The molecule has 0 bridgehead atoms. The molecule has 0 saturated carbocycles. The zero-order valence-electron chi connectivity index (χ0n) is 13.4. The number of benzene rings is 1. The number of rotatable bonds is 3. The first kappa shape index (κ1) is 15.3. The molecule has 1 N–H and O–H groups in total. The summed E-state index contributed by atoms with van der Waals surface area (Å²) in [6.07, 6.45) is 0.204. The first-order valence-electron chi connectivity index (χ1n) is 7.56. The van der Waals surface area contributed by atoms with Gasteiger partial charge in [0.1, 0.15) is 5.76 Å². The standard InChI is InChI=1S/C17H19N3O3/c1-10-4-5-14(11(2)6-10)20-9-13(8-16(20)21)17(22)18-15-7-12(3)23-19-15/h4-7,13H,8-9H2,1-3H3,(H,18,19,22)/t13-/m1/s1. The molecule has 1 aliphatic rings. The van der Waals surface area contributed by atoms with E-state index in [4.69, 9.17) is 4.52 Å². The summed E-state index contributed by atoms with van der Waals surface area (Å²) in [4.78, 5) is 26.3. The quantitative estimate of drug-likeness (QED) is 0.945. The van der Waals surface area contributed by atoms with Crippen LogP contribution in [0.1, 0.15) is 23.3 Å². The Morgan fingerprint density at radius 2 is 2.09 bits per heavy atom. The van der Waals surface area contributed by atoms with E-state index in [1.54, 1.807) is 17.9 Å². The number of amides is 2. The minimum Gasteiger partial charge on any atom is -0.360 e. The largest absolute Gasteiger partial charge is 0.360 e. The fourth-order valence-corrected chi connectivity index (χ4v) is 2.88. The number of hydrogen-bond donors (Lipinski definition) is 1. The van der Waals surface area contributed by atoms with E-state index in [0.29, 0.717) is 18.1 Å². The molecule has 2 aromatic rings. The normalized spacial score (nSPS) is 17.6. The highest BCUT2D eigenvalue weighted by Gasteiger charge is 2.35. The smallest absolute Gasteiger partial charge is 0.231 e. The summed E-state index contributed by atoms with van der Waals surface area (Å²) in [6, 6.07) is 7.59. The van der Waals surface area contributed by atoms with Crippen LogP contribution < -0.4 is 10.2 Å². The minimum atomic E-state index is -0.389. The van der Waals surface area contributed by atoms with Gasteiger partial charge in [0, 0.05) is 24.7 Å². The highest BCUT2D eigenvalue weighted by molar-refractivity contribution is 6.03. The van der Waals surface area contributed by atoms with Crippen molar-refractivity contribution in [3.8, 4) is 0 Å². The number of carbonyl (C=O) groups is 2. The maximum absolute atomic E-state index is 12.3. The van der Waals surface area contributed by atoms with Gasteiger partial charge in [0.15, 0.2) is 5.82 Å². The average molecular weight is 313 g/mol. The number of aromatic nitrogens is 1.